The number of benzene rings is 1. The van der Waals surface area contributed by atoms with Crippen LogP contribution in [0.4, 0.5) is 10.9 Å². The maximum Gasteiger partial charge on any atom is 0.239 e. The molecule has 1 aromatic carbocycles. The van der Waals surface area contributed by atoms with Gasteiger partial charge in [0.05, 0.1) is 6.54 Å². The van der Waals surface area contributed by atoms with Crippen molar-refractivity contribution in [3.63, 3.8) is 0 Å². The molecule has 34 heavy (non-hydrogen) atoms. The second kappa shape index (κ2) is 10.3. The molecule has 2 aromatic heterocycles. The zero-order valence-electron chi connectivity index (χ0n) is 21.0. The van der Waals surface area contributed by atoms with Crippen molar-refractivity contribution in [2.45, 2.75) is 58.5 Å². The van der Waals surface area contributed by atoms with Gasteiger partial charge in [0.2, 0.25) is 16.0 Å². The van der Waals surface area contributed by atoms with Crippen LogP contribution in [0.2, 0.25) is 0 Å². The molecule has 184 valence electrons. The Bertz CT molecular complexity index is 1100. The first-order valence-corrected chi connectivity index (χ1v) is 13.0. The van der Waals surface area contributed by atoms with Crippen LogP contribution in [0.25, 0.3) is 16.2 Å². The third-order valence-electron chi connectivity index (χ3n) is 6.10. The van der Waals surface area contributed by atoms with Gasteiger partial charge in [0.1, 0.15) is 5.69 Å². The minimum Gasteiger partial charge on any atom is -0.364 e. The van der Waals surface area contributed by atoms with Crippen molar-refractivity contribution in [3.05, 3.63) is 30.3 Å². The van der Waals surface area contributed by atoms with Crippen LogP contribution in [0.5, 0.6) is 0 Å². The fourth-order valence-electron chi connectivity index (χ4n) is 4.32. The number of aromatic nitrogens is 3. The van der Waals surface area contributed by atoms with Crippen LogP contribution in [0.15, 0.2) is 30.3 Å². The van der Waals surface area contributed by atoms with Gasteiger partial charge in [-0.25, -0.2) is 4.98 Å². The number of rotatable bonds is 8. The Kier molecular flexibility index (Phi) is 7.42. The van der Waals surface area contributed by atoms with Crippen LogP contribution < -0.4 is 15.5 Å². The topological polar surface area (TPSA) is 77.8 Å². The molecule has 0 spiro atoms. The first-order chi connectivity index (χ1) is 16.2. The molecule has 0 radical (unpaired) electrons. The van der Waals surface area contributed by atoms with Gasteiger partial charge >= 0.3 is 0 Å². The van der Waals surface area contributed by atoms with E-state index in [1.807, 2.05) is 34.7 Å². The molecule has 8 nitrogen and oxygen atoms in total. The van der Waals surface area contributed by atoms with E-state index in [1.54, 1.807) is 0 Å². The Balaban J connectivity index is 1.44. The lowest BCUT2D eigenvalue weighted by Gasteiger charge is -2.33. The van der Waals surface area contributed by atoms with Crippen LogP contribution >= 0.6 is 11.3 Å². The number of nitrogens with zero attached hydrogens (tertiary/aromatic N) is 5. The molecule has 4 rings (SSSR count). The Morgan fingerprint density at radius 1 is 1.24 bits per heavy atom. The summed E-state index contributed by atoms with van der Waals surface area (Å²) < 4.78 is 1.86. The normalized spacial score (nSPS) is 17.1. The van der Waals surface area contributed by atoms with Crippen LogP contribution in [-0.2, 0) is 4.79 Å². The van der Waals surface area contributed by atoms with Crippen molar-refractivity contribution in [3.8, 4) is 11.3 Å². The quantitative estimate of drug-likeness (QED) is 0.502. The summed E-state index contributed by atoms with van der Waals surface area (Å²) in [6.07, 6.45) is 3.82. The summed E-state index contributed by atoms with van der Waals surface area (Å²) >= 11 is 1.49. The maximum atomic E-state index is 12.6. The Morgan fingerprint density at radius 3 is 2.71 bits per heavy atom. The van der Waals surface area contributed by atoms with E-state index in [1.165, 1.54) is 30.6 Å². The minimum atomic E-state index is -0.152. The van der Waals surface area contributed by atoms with E-state index in [9.17, 15) is 4.79 Å². The number of amides is 1. The highest BCUT2D eigenvalue weighted by molar-refractivity contribution is 7.20. The first-order valence-electron chi connectivity index (χ1n) is 12.2. The molecular formula is C25H37N7OS. The number of hydrogen-bond acceptors (Lipinski definition) is 7. The highest BCUT2D eigenvalue weighted by Crippen LogP contribution is 2.34. The minimum absolute atomic E-state index is 0.0121. The van der Waals surface area contributed by atoms with E-state index >= 15 is 0 Å². The molecule has 0 unspecified atom stereocenters. The van der Waals surface area contributed by atoms with Crippen molar-refractivity contribution in [2.24, 2.45) is 0 Å². The third kappa shape index (κ3) is 5.88. The van der Waals surface area contributed by atoms with E-state index in [-0.39, 0.29) is 18.0 Å². The van der Waals surface area contributed by atoms with E-state index < -0.39 is 0 Å². The zero-order valence-corrected chi connectivity index (χ0v) is 21.8. The number of anilines is 2. The van der Waals surface area contributed by atoms with E-state index in [0.717, 1.165) is 40.3 Å². The molecule has 3 aromatic rings. The number of imidazole rings is 1. The first kappa shape index (κ1) is 24.5. The highest BCUT2D eigenvalue weighted by atomic mass is 32.1. The number of likely N-dealkylation sites (N-methyl/N-ethyl adjacent to an activating group) is 1. The number of likely N-dealkylation sites (tertiary alicyclic amines) is 1. The molecule has 1 saturated heterocycles. The highest BCUT2D eigenvalue weighted by Gasteiger charge is 2.23. The van der Waals surface area contributed by atoms with Gasteiger partial charge in [-0.3, -0.25) is 9.69 Å². The molecule has 1 atom stereocenters. The lowest BCUT2D eigenvalue weighted by molar-refractivity contribution is -0.119. The SMILES string of the molecule is C[C@@H]1CCCCN1CCNC(=O)CN(C)c1nn2c(NC(C)(C)C)c(-c3ccccc3)nc2s1. The van der Waals surface area contributed by atoms with Gasteiger partial charge in [-0.2, -0.15) is 4.52 Å². The summed E-state index contributed by atoms with van der Waals surface area (Å²) in [5, 5.41) is 12.2. The Morgan fingerprint density at radius 2 is 2.00 bits per heavy atom. The van der Waals surface area contributed by atoms with Crippen molar-refractivity contribution in [1.29, 1.82) is 0 Å². The molecule has 0 bridgehead atoms. The molecule has 2 N–H and O–H groups in total. The number of carbonyl (C=O) groups excluding carboxylic acids is 1. The molecule has 9 heteroatoms. The Labute approximate surface area is 206 Å². The molecule has 1 aliphatic heterocycles. The van der Waals surface area contributed by atoms with Crippen LogP contribution in [0.3, 0.4) is 0 Å². The number of carbonyl (C=O) groups is 1. The van der Waals surface area contributed by atoms with Gasteiger partial charge in [-0.15, -0.1) is 5.10 Å². The summed E-state index contributed by atoms with van der Waals surface area (Å²) in [4.78, 5) is 22.6. The molecular weight excluding hydrogens is 446 g/mol. The predicted molar refractivity (Wildman–Crippen MR) is 141 cm³/mol. The lowest BCUT2D eigenvalue weighted by atomic mass is 10.0. The van der Waals surface area contributed by atoms with Crippen molar-refractivity contribution < 1.29 is 4.79 Å². The predicted octanol–water partition coefficient (Wildman–Crippen LogP) is 4.10. The zero-order chi connectivity index (χ0) is 24.3. The molecule has 1 fully saturated rings. The lowest BCUT2D eigenvalue weighted by Crippen LogP contribution is -2.44. The number of fused-ring (bicyclic) bond motifs is 1. The second-order valence-electron chi connectivity index (χ2n) is 10.2. The third-order valence-corrected chi connectivity index (χ3v) is 7.13. The number of hydrogen-bond donors (Lipinski definition) is 2. The van der Waals surface area contributed by atoms with Gasteiger partial charge in [0, 0.05) is 37.3 Å². The van der Waals surface area contributed by atoms with Gasteiger partial charge in [0.25, 0.3) is 0 Å². The van der Waals surface area contributed by atoms with E-state index in [4.69, 9.17) is 10.1 Å². The summed E-state index contributed by atoms with van der Waals surface area (Å²) in [6.45, 7) is 11.6. The molecule has 0 saturated carbocycles. The largest absolute Gasteiger partial charge is 0.364 e. The van der Waals surface area contributed by atoms with E-state index in [2.05, 4.69) is 55.4 Å². The van der Waals surface area contributed by atoms with Crippen molar-refractivity contribution in [1.82, 2.24) is 24.8 Å². The fourth-order valence-corrected chi connectivity index (χ4v) is 5.19. The van der Waals surface area contributed by atoms with Gasteiger partial charge in [-0.1, -0.05) is 48.1 Å². The summed E-state index contributed by atoms with van der Waals surface area (Å²) in [5.74, 6) is 0.878. The van der Waals surface area contributed by atoms with Gasteiger partial charge < -0.3 is 15.5 Å². The van der Waals surface area contributed by atoms with E-state index in [0.29, 0.717) is 12.6 Å². The van der Waals surface area contributed by atoms with Crippen LogP contribution in [0, 0.1) is 0 Å². The fraction of sp³-hybridized carbons (Fsp3) is 0.560. The second-order valence-corrected chi connectivity index (χ2v) is 11.2. The average Bonchev–Trinajstić information content (AvgIpc) is 3.34. The summed E-state index contributed by atoms with van der Waals surface area (Å²) in [7, 11) is 1.90. The number of piperidine rings is 1. The molecule has 1 aliphatic rings. The molecule has 1 amide bonds. The molecule has 3 heterocycles. The van der Waals surface area contributed by atoms with Crippen molar-refractivity contribution in [2.75, 3.05) is 43.4 Å². The molecule has 0 aliphatic carbocycles. The maximum absolute atomic E-state index is 12.6. The van der Waals surface area contributed by atoms with Gasteiger partial charge in [0.15, 0.2) is 5.82 Å². The van der Waals surface area contributed by atoms with Crippen molar-refractivity contribution >= 4 is 33.2 Å². The number of nitrogens with one attached hydrogen (secondary N) is 2. The smallest absolute Gasteiger partial charge is 0.239 e. The average molecular weight is 484 g/mol. The van der Waals surface area contributed by atoms with Gasteiger partial charge in [-0.05, 0) is 47.1 Å². The monoisotopic (exact) mass is 483 g/mol. The summed E-state index contributed by atoms with van der Waals surface area (Å²) in [6, 6.07) is 10.8. The Hall–Kier alpha value is -2.65. The summed E-state index contributed by atoms with van der Waals surface area (Å²) in [5.41, 5.74) is 1.78. The standard InChI is InChI=1S/C25H37N7OS/c1-18-11-9-10-15-31(18)16-14-26-20(33)17-30(5)24-29-32-22(28-25(2,3)4)21(27-23(32)34-24)19-12-7-6-8-13-19/h6-8,12-13,18,28H,9-11,14-17H2,1-5H3,(H,26,33)/t18-/m1/s1. The van der Waals surface area contributed by atoms with Crippen LogP contribution in [-0.4, -0.2) is 70.2 Å². The van der Waals surface area contributed by atoms with Crippen LogP contribution in [0.1, 0.15) is 47.0 Å².